The minimum Gasteiger partial charge on any atom is -0.335 e. The van der Waals surface area contributed by atoms with Crippen LogP contribution in [0.15, 0.2) is 35.5 Å². The van der Waals surface area contributed by atoms with E-state index in [4.69, 9.17) is 0 Å². The molecule has 6 heteroatoms. The van der Waals surface area contributed by atoms with Crippen LogP contribution >= 0.6 is 11.3 Å². The van der Waals surface area contributed by atoms with E-state index in [2.05, 4.69) is 27.1 Å². The second-order valence-electron chi connectivity index (χ2n) is 5.52. The van der Waals surface area contributed by atoms with Crippen LogP contribution < -0.4 is 5.32 Å². The van der Waals surface area contributed by atoms with E-state index in [0.717, 1.165) is 25.9 Å². The van der Waals surface area contributed by atoms with Crippen LogP contribution in [0.2, 0.25) is 0 Å². The molecule has 2 aromatic heterocycles. The molecular formula is C15H20N4OS. The third-order valence-electron chi connectivity index (χ3n) is 3.86. The topological polar surface area (TPSA) is 50.2 Å². The number of thiophene rings is 1. The molecule has 1 fully saturated rings. The average Bonchev–Trinajstić information content (AvgIpc) is 3.20. The highest BCUT2D eigenvalue weighted by molar-refractivity contribution is 7.07. The Labute approximate surface area is 128 Å². The van der Waals surface area contributed by atoms with Crippen molar-refractivity contribution in [2.45, 2.75) is 38.4 Å². The smallest absolute Gasteiger partial charge is 0.318 e. The molecule has 1 aliphatic heterocycles. The molecule has 0 radical (unpaired) electrons. The van der Waals surface area contributed by atoms with Crippen LogP contribution in [-0.2, 0) is 6.54 Å². The number of nitrogens with one attached hydrogen (secondary N) is 1. The van der Waals surface area contributed by atoms with Gasteiger partial charge in [-0.25, -0.2) is 9.78 Å². The maximum absolute atomic E-state index is 12.5. The lowest BCUT2D eigenvalue weighted by Crippen LogP contribution is -2.44. The van der Waals surface area contributed by atoms with E-state index in [-0.39, 0.29) is 18.1 Å². The SMILES string of the molecule is C[C@H](Cn1ccnc1)NC(=O)N1CCC[C@H]1c1ccsc1. The largest absolute Gasteiger partial charge is 0.335 e. The molecule has 3 heterocycles. The van der Waals surface area contributed by atoms with Crippen LogP contribution in [0.5, 0.6) is 0 Å². The molecule has 21 heavy (non-hydrogen) atoms. The predicted molar refractivity (Wildman–Crippen MR) is 83.2 cm³/mol. The molecule has 0 spiro atoms. The van der Waals surface area contributed by atoms with E-state index in [1.807, 2.05) is 22.6 Å². The third-order valence-corrected chi connectivity index (χ3v) is 4.56. The molecule has 2 atom stereocenters. The summed E-state index contributed by atoms with van der Waals surface area (Å²) in [5, 5.41) is 7.31. The Morgan fingerprint density at radius 2 is 2.52 bits per heavy atom. The zero-order chi connectivity index (χ0) is 14.7. The van der Waals surface area contributed by atoms with Crippen molar-refractivity contribution >= 4 is 17.4 Å². The Kier molecular flexibility index (Phi) is 4.24. The standard InChI is InChI=1S/C15H20N4OS/c1-12(9-18-7-5-16-11-18)17-15(20)19-6-2-3-14(19)13-4-8-21-10-13/h4-5,7-8,10-12,14H,2-3,6,9H2,1H3,(H,17,20)/t12-,14+/m1/s1. The number of imidazole rings is 1. The van der Waals surface area contributed by atoms with Crippen LogP contribution in [0.4, 0.5) is 4.79 Å². The zero-order valence-corrected chi connectivity index (χ0v) is 12.9. The number of carbonyl (C=O) groups excluding carboxylic acids is 1. The fraction of sp³-hybridized carbons (Fsp3) is 0.467. The fourth-order valence-electron chi connectivity index (χ4n) is 2.87. The highest BCUT2D eigenvalue weighted by Gasteiger charge is 2.30. The number of carbonyl (C=O) groups is 1. The van der Waals surface area contributed by atoms with Crippen molar-refractivity contribution in [3.05, 3.63) is 41.1 Å². The summed E-state index contributed by atoms with van der Waals surface area (Å²) in [5.41, 5.74) is 1.26. The Bertz CT molecular complexity index is 567. The Morgan fingerprint density at radius 1 is 1.62 bits per heavy atom. The highest BCUT2D eigenvalue weighted by atomic mass is 32.1. The summed E-state index contributed by atoms with van der Waals surface area (Å²) in [6.07, 6.45) is 7.56. The monoisotopic (exact) mass is 304 g/mol. The Morgan fingerprint density at radius 3 is 3.24 bits per heavy atom. The Balaban J connectivity index is 1.59. The minimum absolute atomic E-state index is 0.0383. The molecule has 2 aromatic rings. The number of urea groups is 1. The van der Waals surface area contributed by atoms with Gasteiger partial charge in [-0.3, -0.25) is 0 Å². The van der Waals surface area contributed by atoms with Crippen molar-refractivity contribution in [3.63, 3.8) is 0 Å². The molecule has 3 rings (SSSR count). The second-order valence-corrected chi connectivity index (χ2v) is 6.30. The Hall–Kier alpha value is -1.82. The van der Waals surface area contributed by atoms with Crippen LogP contribution in [0.25, 0.3) is 0 Å². The number of rotatable bonds is 4. The van der Waals surface area contributed by atoms with Gasteiger partial charge >= 0.3 is 6.03 Å². The normalized spacial score (nSPS) is 19.7. The summed E-state index contributed by atoms with van der Waals surface area (Å²) < 4.78 is 1.98. The fourth-order valence-corrected chi connectivity index (χ4v) is 3.58. The maximum Gasteiger partial charge on any atom is 0.318 e. The molecule has 1 N–H and O–H groups in total. The first-order valence-corrected chi connectivity index (χ1v) is 8.23. The summed E-state index contributed by atoms with van der Waals surface area (Å²) in [5.74, 6) is 0. The summed E-state index contributed by atoms with van der Waals surface area (Å²) in [7, 11) is 0. The first kappa shape index (κ1) is 14.1. The van der Waals surface area contributed by atoms with Gasteiger partial charge in [0.2, 0.25) is 0 Å². The van der Waals surface area contributed by atoms with E-state index in [1.54, 1.807) is 23.9 Å². The van der Waals surface area contributed by atoms with Crippen molar-refractivity contribution in [2.24, 2.45) is 0 Å². The summed E-state index contributed by atoms with van der Waals surface area (Å²) >= 11 is 1.69. The van der Waals surface area contributed by atoms with Crippen molar-refractivity contribution < 1.29 is 4.79 Å². The van der Waals surface area contributed by atoms with Gasteiger partial charge < -0.3 is 14.8 Å². The molecule has 112 valence electrons. The summed E-state index contributed by atoms with van der Waals surface area (Å²) in [4.78, 5) is 18.5. The van der Waals surface area contributed by atoms with Gasteiger partial charge in [0.25, 0.3) is 0 Å². The van der Waals surface area contributed by atoms with Crippen molar-refractivity contribution in [3.8, 4) is 0 Å². The van der Waals surface area contributed by atoms with Crippen LogP contribution in [0.3, 0.4) is 0 Å². The molecule has 0 saturated carbocycles. The first-order valence-electron chi connectivity index (χ1n) is 7.29. The van der Waals surface area contributed by atoms with E-state index < -0.39 is 0 Å². The van der Waals surface area contributed by atoms with Gasteiger partial charge in [0, 0.05) is 31.5 Å². The number of hydrogen-bond acceptors (Lipinski definition) is 3. The quantitative estimate of drug-likeness (QED) is 0.944. The molecule has 0 unspecified atom stereocenters. The van der Waals surface area contributed by atoms with Crippen LogP contribution in [0.1, 0.15) is 31.4 Å². The van der Waals surface area contributed by atoms with Gasteiger partial charge in [-0.1, -0.05) is 0 Å². The lowest BCUT2D eigenvalue weighted by atomic mass is 10.1. The molecule has 0 aliphatic carbocycles. The number of likely N-dealkylation sites (tertiary alicyclic amines) is 1. The van der Waals surface area contributed by atoms with Crippen molar-refractivity contribution in [1.29, 1.82) is 0 Å². The molecule has 0 bridgehead atoms. The third kappa shape index (κ3) is 3.26. The number of hydrogen-bond donors (Lipinski definition) is 1. The van der Waals surface area contributed by atoms with Gasteiger partial charge in [0.05, 0.1) is 12.4 Å². The van der Waals surface area contributed by atoms with Gasteiger partial charge in [0.1, 0.15) is 0 Å². The summed E-state index contributed by atoms with van der Waals surface area (Å²) in [6, 6.07) is 2.47. The molecular weight excluding hydrogens is 284 g/mol. The van der Waals surface area contributed by atoms with Gasteiger partial charge in [-0.15, -0.1) is 0 Å². The molecule has 0 aromatic carbocycles. The van der Waals surface area contributed by atoms with Gasteiger partial charge in [-0.05, 0) is 42.2 Å². The molecule has 2 amide bonds. The highest BCUT2D eigenvalue weighted by Crippen LogP contribution is 2.32. The van der Waals surface area contributed by atoms with E-state index in [0.29, 0.717) is 0 Å². The van der Waals surface area contributed by atoms with E-state index in [9.17, 15) is 4.79 Å². The average molecular weight is 304 g/mol. The lowest BCUT2D eigenvalue weighted by molar-refractivity contribution is 0.188. The van der Waals surface area contributed by atoms with Gasteiger partial charge in [0.15, 0.2) is 0 Å². The zero-order valence-electron chi connectivity index (χ0n) is 12.1. The summed E-state index contributed by atoms with van der Waals surface area (Å²) in [6.45, 7) is 3.60. The minimum atomic E-state index is 0.0383. The van der Waals surface area contributed by atoms with E-state index in [1.165, 1.54) is 5.56 Å². The van der Waals surface area contributed by atoms with E-state index >= 15 is 0 Å². The predicted octanol–water partition coefficient (Wildman–Crippen LogP) is 2.88. The van der Waals surface area contributed by atoms with Crippen LogP contribution in [0, 0.1) is 0 Å². The van der Waals surface area contributed by atoms with Crippen molar-refractivity contribution in [2.75, 3.05) is 6.54 Å². The van der Waals surface area contributed by atoms with Crippen LogP contribution in [-0.4, -0.2) is 33.1 Å². The second kappa shape index (κ2) is 6.30. The molecule has 1 saturated heterocycles. The van der Waals surface area contributed by atoms with Crippen molar-refractivity contribution in [1.82, 2.24) is 19.8 Å². The maximum atomic E-state index is 12.5. The molecule has 5 nitrogen and oxygen atoms in total. The number of amides is 2. The molecule has 1 aliphatic rings. The van der Waals surface area contributed by atoms with Gasteiger partial charge in [-0.2, -0.15) is 11.3 Å². The lowest BCUT2D eigenvalue weighted by Gasteiger charge is -2.26. The number of aromatic nitrogens is 2. The first-order chi connectivity index (χ1) is 10.2. The number of nitrogens with zero attached hydrogens (tertiary/aromatic N) is 3.